The first kappa shape index (κ1) is 29.1. The van der Waals surface area contributed by atoms with Crippen LogP contribution in [0.2, 0.25) is 0 Å². The zero-order chi connectivity index (χ0) is 23.8. The molecule has 1 aromatic rings. The lowest BCUT2D eigenvalue weighted by Gasteiger charge is -2.09. The number of anilines is 1. The number of carbonyl (C=O) groups is 1. The van der Waals surface area contributed by atoms with Crippen molar-refractivity contribution in [3.8, 4) is 5.75 Å². The van der Waals surface area contributed by atoms with Gasteiger partial charge in [-0.1, -0.05) is 0 Å². The third kappa shape index (κ3) is 19.2. The lowest BCUT2D eigenvalue weighted by atomic mass is 10.3. The van der Waals surface area contributed by atoms with E-state index in [9.17, 15) is 4.79 Å². The summed E-state index contributed by atoms with van der Waals surface area (Å²) in [5.41, 5.74) is 6.33. The molecular formula is C23H39NO9. The van der Waals surface area contributed by atoms with Gasteiger partial charge in [-0.3, -0.25) is 4.79 Å². The van der Waals surface area contributed by atoms with Crippen LogP contribution in [0.4, 0.5) is 5.69 Å². The van der Waals surface area contributed by atoms with Crippen LogP contribution in [0, 0.1) is 0 Å². The smallest absolute Gasteiger partial charge is 0.308 e. The van der Waals surface area contributed by atoms with E-state index in [1.54, 1.807) is 19.1 Å². The van der Waals surface area contributed by atoms with E-state index in [0.717, 1.165) is 5.75 Å². The summed E-state index contributed by atoms with van der Waals surface area (Å²) in [6.07, 6.45) is 0.261. The molecule has 0 aliphatic rings. The summed E-state index contributed by atoms with van der Waals surface area (Å²) in [5.74, 6) is 0.522. The maximum Gasteiger partial charge on any atom is 0.308 e. The number of hydrogen-bond acceptors (Lipinski definition) is 10. The van der Waals surface area contributed by atoms with Crippen LogP contribution in [0.1, 0.15) is 13.3 Å². The van der Waals surface area contributed by atoms with Gasteiger partial charge in [-0.15, -0.1) is 0 Å². The first-order chi connectivity index (χ1) is 16.2. The largest absolute Gasteiger partial charge is 0.491 e. The lowest BCUT2D eigenvalue weighted by molar-refractivity contribution is -0.144. The first-order valence-corrected chi connectivity index (χ1v) is 11.3. The third-order valence-corrected chi connectivity index (χ3v) is 3.99. The lowest BCUT2D eigenvalue weighted by Crippen LogP contribution is -2.15. The van der Waals surface area contributed by atoms with Gasteiger partial charge in [0.25, 0.3) is 0 Å². The van der Waals surface area contributed by atoms with Crippen LogP contribution in [0.3, 0.4) is 0 Å². The molecule has 0 saturated heterocycles. The van der Waals surface area contributed by atoms with Gasteiger partial charge in [-0.05, 0) is 31.2 Å². The molecule has 0 radical (unpaired) electrons. The third-order valence-electron chi connectivity index (χ3n) is 3.99. The quantitative estimate of drug-likeness (QED) is 0.143. The predicted octanol–water partition coefficient (Wildman–Crippen LogP) is 1.70. The normalized spacial score (nSPS) is 10.9. The Morgan fingerprint density at radius 2 is 1.03 bits per heavy atom. The summed E-state index contributed by atoms with van der Waals surface area (Å²) < 4.78 is 42.7. The van der Waals surface area contributed by atoms with E-state index < -0.39 is 0 Å². The van der Waals surface area contributed by atoms with E-state index in [1.165, 1.54) is 0 Å². The summed E-state index contributed by atoms with van der Waals surface area (Å²) >= 11 is 0. The zero-order valence-corrected chi connectivity index (χ0v) is 19.7. The molecule has 33 heavy (non-hydrogen) atoms. The Morgan fingerprint density at radius 1 is 0.636 bits per heavy atom. The molecule has 0 heterocycles. The predicted molar refractivity (Wildman–Crippen MR) is 123 cm³/mol. The monoisotopic (exact) mass is 473 g/mol. The van der Waals surface area contributed by atoms with Gasteiger partial charge in [-0.2, -0.15) is 0 Å². The fourth-order valence-corrected chi connectivity index (χ4v) is 2.37. The summed E-state index contributed by atoms with van der Waals surface area (Å²) in [5, 5.41) is 0. The Bertz CT molecular complexity index is 572. The Hall–Kier alpha value is -1.95. The van der Waals surface area contributed by atoms with Crippen LogP contribution < -0.4 is 10.5 Å². The fraction of sp³-hybridized carbons (Fsp3) is 0.696. The van der Waals surface area contributed by atoms with E-state index >= 15 is 0 Å². The number of carbonyl (C=O) groups excluding carboxylic acids is 1. The molecular weight excluding hydrogens is 434 g/mol. The molecule has 0 bridgehead atoms. The highest BCUT2D eigenvalue weighted by Crippen LogP contribution is 2.12. The maximum atomic E-state index is 11.1. The van der Waals surface area contributed by atoms with Crippen molar-refractivity contribution in [1.29, 1.82) is 0 Å². The Kier molecular flexibility index (Phi) is 19.3. The molecule has 10 heteroatoms. The van der Waals surface area contributed by atoms with Crippen LogP contribution in [0.5, 0.6) is 5.75 Å². The van der Waals surface area contributed by atoms with Gasteiger partial charge in [0.05, 0.1) is 92.3 Å². The number of esters is 1. The van der Waals surface area contributed by atoms with Gasteiger partial charge in [0, 0.05) is 5.69 Å². The summed E-state index contributed by atoms with van der Waals surface area (Å²) in [7, 11) is 0. The van der Waals surface area contributed by atoms with E-state index in [4.69, 9.17) is 43.6 Å². The van der Waals surface area contributed by atoms with Gasteiger partial charge in [0.2, 0.25) is 0 Å². The minimum atomic E-state index is -0.248. The molecule has 0 saturated carbocycles. The average Bonchev–Trinajstić information content (AvgIpc) is 2.81. The van der Waals surface area contributed by atoms with Crippen molar-refractivity contribution >= 4 is 11.7 Å². The summed E-state index contributed by atoms with van der Waals surface area (Å²) in [4.78, 5) is 11.1. The van der Waals surface area contributed by atoms with Crippen LogP contribution in [0.25, 0.3) is 0 Å². The molecule has 2 N–H and O–H groups in total. The average molecular weight is 474 g/mol. The van der Waals surface area contributed by atoms with E-state index in [1.807, 2.05) is 12.1 Å². The number of rotatable bonds is 23. The number of nitrogens with two attached hydrogens (primary N) is 1. The van der Waals surface area contributed by atoms with Gasteiger partial charge in [-0.25, -0.2) is 0 Å². The van der Waals surface area contributed by atoms with Crippen LogP contribution in [0.15, 0.2) is 24.3 Å². The van der Waals surface area contributed by atoms with Crippen molar-refractivity contribution in [1.82, 2.24) is 0 Å². The highest BCUT2D eigenvalue weighted by Gasteiger charge is 2.00. The van der Waals surface area contributed by atoms with Crippen LogP contribution in [-0.2, 0) is 38.0 Å². The molecule has 0 atom stereocenters. The molecule has 1 rings (SSSR count). The molecule has 0 aromatic heterocycles. The van der Waals surface area contributed by atoms with Gasteiger partial charge in [0.15, 0.2) is 0 Å². The topological polar surface area (TPSA) is 117 Å². The maximum absolute atomic E-state index is 11.1. The number of hydrogen-bond donors (Lipinski definition) is 1. The van der Waals surface area contributed by atoms with Crippen molar-refractivity contribution in [2.45, 2.75) is 13.3 Å². The van der Waals surface area contributed by atoms with Gasteiger partial charge in [0.1, 0.15) is 12.4 Å². The highest BCUT2D eigenvalue weighted by atomic mass is 16.6. The number of nitrogen functional groups attached to an aromatic ring is 1. The van der Waals surface area contributed by atoms with E-state index in [0.29, 0.717) is 98.2 Å². The van der Waals surface area contributed by atoms with Crippen molar-refractivity contribution < 1.29 is 42.7 Å². The Labute approximate surface area is 196 Å². The number of ether oxygens (including phenoxy) is 8. The molecule has 0 amide bonds. The Morgan fingerprint density at radius 3 is 1.45 bits per heavy atom. The molecule has 0 spiro atoms. The molecule has 1 aromatic carbocycles. The van der Waals surface area contributed by atoms with E-state index in [2.05, 4.69) is 0 Å². The summed E-state index contributed by atoms with van der Waals surface area (Å²) in [6, 6.07) is 7.25. The second-order valence-electron chi connectivity index (χ2n) is 6.65. The second kappa shape index (κ2) is 21.9. The van der Waals surface area contributed by atoms with Crippen LogP contribution >= 0.6 is 0 Å². The fourth-order valence-electron chi connectivity index (χ4n) is 2.37. The zero-order valence-electron chi connectivity index (χ0n) is 19.7. The minimum absolute atomic E-state index is 0.248. The molecule has 10 nitrogen and oxygen atoms in total. The van der Waals surface area contributed by atoms with Crippen molar-refractivity contribution in [2.75, 3.05) is 98.2 Å². The molecule has 0 aliphatic heterocycles. The Balaban J connectivity index is 1.69. The van der Waals surface area contributed by atoms with Crippen LogP contribution in [-0.4, -0.2) is 98.5 Å². The highest BCUT2D eigenvalue weighted by molar-refractivity contribution is 5.69. The first-order valence-electron chi connectivity index (χ1n) is 11.3. The minimum Gasteiger partial charge on any atom is -0.491 e. The molecule has 0 aliphatic carbocycles. The standard InChI is InChI=1S/C23H39NO9/c1-2-32-23(25)7-8-26-9-10-27-11-12-28-13-14-29-15-16-30-17-18-31-19-20-33-22-5-3-21(24)4-6-22/h3-6H,2,7-20,24H2,1H3. The van der Waals surface area contributed by atoms with Gasteiger partial charge >= 0.3 is 5.97 Å². The molecule has 190 valence electrons. The molecule has 0 fully saturated rings. The van der Waals surface area contributed by atoms with Crippen molar-refractivity contribution in [3.63, 3.8) is 0 Å². The van der Waals surface area contributed by atoms with Crippen molar-refractivity contribution in [2.24, 2.45) is 0 Å². The SMILES string of the molecule is CCOC(=O)CCOCCOCCOCCOCCOCCOCCOc1ccc(N)cc1. The second-order valence-corrected chi connectivity index (χ2v) is 6.65. The van der Waals surface area contributed by atoms with E-state index in [-0.39, 0.29) is 12.4 Å². The van der Waals surface area contributed by atoms with Gasteiger partial charge < -0.3 is 43.6 Å². The summed E-state index contributed by atoms with van der Waals surface area (Å²) in [6.45, 7) is 8.35. The van der Waals surface area contributed by atoms with Crippen molar-refractivity contribution in [3.05, 3.63) is 24.3 Å². The number of benzene rings is 1. The molecule has 0 unspecified atom stereocenters.